The van der Waals surface area contributed by atoms with Crippen molar-refractivity contribution in [2.45, 2.75) is 19.8 Å². The molecule has 0 fully saturated rings. The molecule has 1 aromatic carbocycles. The Balaban J connectivity index is 2.62. The SMILES string of the molecule is BN(CCCC)c1ccc(/C=C/S)cc1. The minimum atomic E-state index is 1.12. The van der Waals surface area contributed by atoms with Gasteiger partial charge in [0.2, 0.25) is 7.98 Å². The molecule has 3 heteroatoms. The Hall–Kier alpha value is -0.825. The highest BCUT2D eigenvalue weighted by atomic mass is 32.1. The van der Waals surface area contributed by atoms with E-state index in [0.717, 1.165) is 6.54 Å². The van der Waals surface area contributed by atoms with Gasteiger partial charge < -0.3 is 4.81 Å². The summed E-state index contributed by atoms with van der Waals surface area (Å²) in [4.78, 5) is 2.29. The summed E-state index contributed by atoms with van der Waals surface area (Å²) < 4.78 is 0. The third-order valence-corrected chi connectivity index (χ3v) is 2.60. The van der Waals surface area contributed by atoms with E-state index in [9.17, 15) is 0 Å². The molecule has 1 rings (SSSR count). The first-order valence-electron chi connectivity index (χ1n) is 5.40. The molecule has 0 saturated carbocycles. The first-order chi connectivity index (χ1) is 7.27. The van der Waals surface area contributed by atoms with E-state index in [1.165, 1.54) is 24.1 Å². The van der Waals surface area contributed by atoms with Crippen LogP contribution >= 0.6 is 12.6 Å². The van der Waals surface area contributed by atoms with Gasteiger partial charge in [0.15, 0.2) is 0 Å². The fourth-order valence-corrected chi connectivity index (χ4v) is 1.62. The molecule has 15 heavy (non-hydrogen) atoms. The quantitative estimate of drug-likeness (QED) is 0.588. The summed E-state index contributed by atoms with van der Waals surface area (Å²) in [5.41, 5.74) is 2.47. The Morgan fingerprint density at radius 1 is 1.33 bits per heavy atom. The fraction of sp³-hybridized carbons (Fsp3) is 0.333. The highest BCUT2D eigenvalue weighted by Crippen LogP contribution is 2.14. The molecule has 80 valence electrons. The van der Waals surface area contributed by atoms with E-state index in [0.29, 0.717) is 0 Å². The third kappa shape index (κ3) is 4.04. The van der Waals surface area contributed by atoms with Gasteiger partial charge in [0.25, 0.3) is 0 Å². The zero-order valence-corrected chi connectivity index (χ0v) is 10.4. The highest BCUT2D eigenvalue weighted by Gasteiger charge is 1.98. The van der Waals surface area contributed by atoms with Crippen LogP contribution in [-0.4, -0.2) is 14.5 Å². The maximum Gasteiger partial charge on any atom is 0.217 e. The summed E-state index contributed by atoms with van der Waals surface area (Å²) in [5.74, 6) is 0. The Bertz CT molecular complexity index is 308. The van der Waals surface area contributed by atoms with E-state index in [-0.39, 0.29) is 0 Å². The van der Waals surface area contributed by atoms with Gasteiger partial charge in [-0.25, -0.2) is 0 Å². The molecule has 0 aliphatic heterocycles. The number of thiol groups is 1. The minimum Gasteiger partial charge on any atom is -0.422 e. The van der Waals surface area contributed by atoms with E-state index in [1.807, 2.05) is 6.08 Å². The first kappa shape index (κ1) is 12.2. The average Bonchev–Trinajstić information content (AvgIpc) is 2.27. The van der Waals surface area contributed by atoms with E-state index < -0.39 is 0 Å². The van der Waals surface area contributed by atoms with Crippen LogP contribution in [0.3, 0.4) is 0 Å². The summed E-state index contributed by atoms with van der Waals surface area (Å²) in [6.07, 6.45) is 4.47. The van der Waals surface area contributed by atoms with Gasteiger partial charge in [-0.3, -0.25) is 0 Å². The van der Waals surface area contributed by atoms with Crippen LogP contribution in [0.5, 0.6) is 0 Å². The summed E-state index contributed by atoms with van der Waals surface area (Å²) in [5, 5.41) is 1.76. The first-order valence-corrected chi connectivity index (χ1v) is 5.91. The second-order valence-corrected chi connectivity index (χ2v) is 3.98. The van der Waals surface area contributed by atoms with Crippen molar-refractivity contribution in [3.63, 3.8) is 0 Å². The van der Waals surface area contributed by atoms with Crippen molar-refractivity contribution >= 4 is 32.4 Å². The Kier molecular flexibility index (Phi) is 5.40. The van der Waals surface area contributed by atoms with Crippen molar-refractivity contribution in [1.82, 2.24) is 0 Å². The summed E-state index contributed by atoms with van der Waals surface area (Å²) in [7, 11) is 2.14. The molecule has 0 unspecified atom stereocenters. The zero-order valence-electron chi connectivity index (χ0n) is 9.48. The van der Waals surface area contributed by atoms with Crippen LogP contribution < -0.4 is 4.81 Å². The van der Waals surface area contributed by atoms with Gasteiger partial charge in [0.05, 0.1) is 0 Å². The van der Waals surface area contributed by atoms with Gasteiger partial charge in [-0.15, -0.1) is 0 Å². The minimum absolute atomic E-state index is 1.12. The number of hydrogen-bond donors (Lipinski definition) is 1. The maximum absolute atomic E-state index is 4.05. The Labute approximate surface area is 99.0 Å². The normalized spacial score (nSPS) is 10.8. The fourth-order valence-electron chi connectivity index (χ4n) is 1.45. The number of benzene rings is 1. The van der Waals surface area contributed by atoms with Gasteiger partial charge in [-0.1, -0.05) is 25.5 Å². The predicted octanol–water partition coefficient (Wildman–Crippen LogP) is 2.74. The van der Waals surface area contributed by atoms with Gasteiger partial charge in [-0.05, 0) is 35.6 Å². The van der Waals surface area contributed by atoms with E-state index in [1.54, 1.807) is 5.41 Å². The molecule has 0 amide bonds. The molecule has 0 bridgehead atoms. The number of nitrogens with zero attached hydrogens (tertiary/aromatic N) is 1. The second kappa shape index (κ2) is 6.62. The molecule has 1 aromatic rings. The molecule has 0 spiro atoms. The van der Waals surface area contributed by atoms with E-state index in [4.69, 9.17) is 0 Å². The van der Waals surface area contributed by atoms with Crippen LogP contribution in [0.4, 0.5) is 5.69 Å². The van der Waals surface area contributed by atoms with Crippen LogP contribution in [0, 0.1) is 0 Å². The molecule has 0 aliphatic rings. The average molecular weight is 219 g/mol. The monoisotopic (exact) mass is 219 g/mol. The standard InChI is InChI=1S/C12H18BNS/c1-2-3-9-14(13)12-6-4-11(5-7-12)8-10-15/h4-8,10,15H,2-3,9,13H2,1H3/b10-8+. The molecule has 0 N–H and O–H groups in total. The molecule has 0 heterocycles. The van der Waals surface area contributed by atoms with Crippen LogP contribution in [0.15, 0.2) is 29.7 Å². The summed E-state index contributed by atoms with van der Waals surface area (Å²) in [6, 6.07) is 8.53. The van der Waals surface area contributed by atoms with E-state index >= 15 is 0 Å². The summed E-state index contributed by atoms with van der Waals surface area (Å²) >= 11 is 4.05. The van der Waals surface area contributed by atoms with Crippen molar-refractivity contribution in [2.75, 3.05) is 11.4 Å². The van der Waals surface area contributed by atoms with Crippen molar-refractivity contribution in [2.24, 2.45) is 0 Å². The predicted molar refractivity (Wildman–Crippen MR) is 75.3 cm³/mol. The number of rotatable bonds is 5. The van der Waals surface area contributed by atoms with Gasteiger partial charge in [-0.2, -0.15) is 12.6 Å². The van der Waals surface area contributed by atoms with Gasteiger partial charge in [0.1, 0.15) is 0 Å². The molecule has 0 radical (unpaired) electrons. The van der Waals surface area contributed by atoms with E-state index in [2.05, 4.69) is 56.6 Å². The van der Waals surface area contributed by atoms with Crippen molar-refractivity contribution in [3.05, 3.63) is 35.2 Å². The smallest absolute Gasteiger partial charge is 0.217 e. The van der Waals surface area contributed by atoms with Gasteiger partial charge in [0, 0.05) is 12.2 Å². The van der Waals surface area contributed by atoms with Crippen LogP contribution in [0.2, 0.25) is 0 Å². The molecular formula is C12H18BNS. The molecule has 0 saturated heterocycles. The topological polar surface area (TPSA) is 3.24 Å². The maximum atomic E-state index is 4.05. The lowest BCUT2D eigenvalue weighted by atomic mass is 10.1. The Morgan fingerprint density at radius 3 is 2.53 bits per heavy atom. The van der Waals surface area contributed by atoms with Crippen molar-refractivity contribution in [3.8, 4) is 0 Å². The van der Waals surface area contributed by atoms with Crippen LogP contribution in [0.1, 0.15) is 25.3 Å². The number of anilines is 1. The molecule has 1 nitrogen and oxygen atoms in total. The lowest BCUT2D eigenvalue weighted by Gasteiger charge is -2.19. The zero-order chi connectivity index (χ0) is 11.1. The molecule has 0 atom stereocenters. The van der Waals surface area contributed by atoms with Crippen LogP contribution in [0.25, 0.3) is 6.08 Å². The Morgan fingerprint density at radius 2 is 2.00 bits per heavy atom. The largest absolute Gasteiger partial charge is 0.422 e. The van der Waals surface area contributed by atoms with Gasteiger partial charge >= 0.3 is 0 Å². The second-order valence-electron chi connectivity index (χ2n) is 3.68. The van der Waals surface area contributed by atoms with Crippen molar-refractivity contribution < 1.29 is 0 Å². The lowest BCUT2D eigenvalue weighted by Crippen LogP contribution is -2.20. The lowest BCUT2D eigenvalue weighted by molar-refractivity contribution is 0.805. The number of hydrogen-bond acceptors (Lipinski definition) is 2. The summed E-state index contributed by atoms with van der Waals surface area (Å²) in [6.45, 7) is 3.34. The molecule has 0 aliphatic carbocycles. The van der Waals surface area contributed by atoms with Crippen LogP contribution in [-0.2, 0) is 0 Å². The third-order valence-electron chi connectivity index (χ3n) is 2.45. The molecular weight excluding hydrogens is 201 g/mol. The van der Waals surface area contributed by atoms with Crippen molar-refractivity contribution in [1.29, 1.82) is 0 Å². The number of unbranched alkanes of at least 4 members (excludes halogenated alkanes) is 1. The molecule has 0 aromatic heterocycles. The highest BCUT2D eigenvalue weighted by molar-refractivity contribution is 7.83.